The van der Waals surface area contributed by atoms with Crippen LogP contribution in [0.2, 0.25) is 24.7 Å². The number of rotatable bonds is 3. The van der Waals surface area contributed by atoms with Crippen molar-refractivity contribution < 1.29 is 14.3 Å². The molecule has 5 heteroatoms. The Morgan fingerprint density at radius 1 is 1.23 bits per heavy atom. The average Bonchev–Trinajstić information content (AvgIpc) is 2.33. The molecule has 0 amide bonds. The Morgan fingerprint density at radius 3 is 2.32 bits per heavy atom. The van der Waals surface area contributed by atoms with Crippen molar-refractivity contribution in [1.29, 1.82) is 0 Å². The summed E-state index contributed by atoms with van der Waals surface area (Å²) in [6.07, 6.45) is 1.03. The van der Waals surface area contributed by atoms with E-state index in [-0.39, 0.29) is 16.7 Å². The third-order valence-corrected chi connectivity index (χ3v) is 6.31. The van der Waals surface area contributed by atoms with Gasteiger partial charge in [0.15, 0.2) is 9.76 Å². The molecular formula is C17H34O3Si2. The van der Waals surface area contributed by atoms with Gasteiger partial charge in [-0.05, 0) is 18.9 Å². The van der Waals surface area contributed by atoms with Crippen molar-refractivity contribution in [3.8, 4) is 11.5 Å². The SMILES string of the molecule is CC(C)(C)[SiH2]OC(C)(C)C1CC(O)(C#C[Si](C)(C)C)CCO1. The second kappa shape index (κ2) is 6.78. The summed E-state index contributed by atoms with van der Waals surface area (Å²) in [5.74, 6) is 3.16. The zero-order chi connectivity index (χ0) is 17.2. The van der Waals surface area contributed by atoms with E-state index in [0.717, 1.165) is 0 Å². The Hall–Kier alpha value is -0.126. The molecule has 0 bridgehead atoms. The standard InChI is InChI=1S/C17H34O3Si2/c1-15(2,3)21-20-16(4,5)14-13-17(18,9-11-19-14)10-12-22(6,7)8/h14,18H,9,11,13,21H2,1-8H3. The van der Waals surface area contributed by atoms with Gasteiger partial charge in [0.05, 0.1) is 18.3 Å². The molecule has 0 aliphatic carbocycles. The van der Waals surface area contributed by atoms with Crippen LogP contribution < -0.4 is 0 Å². The second-order valence-corrected chi connectivity index (χ2v) is 16.7. The zero-order valence-electron chi connectivity index (χ0n) is 15.7. The van der Waals surface area contributed by atoms with Gasteiger partial charge in [0.25, 0.3) is 0 Å². The van der Waals surface area contributed by atoms with Crippen LogP contribution in [0.25, 0.3) is 0 Å². The molecule has 1 saturated heterocycles. The first-order chi connectivity index (χ1) is 9.73. The Balaban J connectivity index is 2.78. The fourth-order valence-electron chi connectivity index (χ4n) is 2.20. The Labute approximate surface area is 140 Å². The van der Waals surface area contributed by atoms with Crippen LogP contribution in [-0.4, -0.2) is 46.9 Å². The van der Waals surface area contributed by atoms with Gasteiger partial charge in [-0.3, -0.25) is 0 Å². The first-order valence-electron chi connectivity index (χ1n) is 8.25. The largest absolute Gasteiger partial charge is 0.416 e. The monoisotopic (exact) mass is 342 g/mol. The highest BCUT2D eigenvalue weighted by Crippen LogP contribution is 2.33. The fraction of sp³-hybridized carbons (Fsp3) is 0.882. The zero-order valence-corrected chi connectivity index (χ0v) is 18.1. The Kier molecular flexibility index (Phi) is 6.14. The van der Waals surface area contributed by atoms with Gasteiger partial charge in [-0.1, -0.05) is 46.3 Å². The third-order valence-electron chi connectivity index (χ3n) is 3.68. The lowest BCUT2D eigenvalue weighted by molar-refractivity contribution is -0.140. The smallest absolute Gasteiger partial charge is 0.167 e. The first-order valence-corrected chi connectivity index (χ1v) is 13.0. The maximum Gasteiger partial charge on any atom is 0.167 e. The van der Waals surface area contributed by atoms with Crippen LogP contribution in [0, 0.1) is 11.5 Å². The minimum absolute atomic E-state index is 0.1000. The first kappa shape index (κ1) is 19.9. The quantitative estimate of drug-likeness (QED) is 0.633. The molecular weight excluding hydrogens is 308 g/mol. The van der Waals surface area contributed by atoms with Gasteiger partial charge < -0.3 is 14.3 Å². The predicted molar refractivity (Wildman–Crippen MR) is 98.5 cm³/mol. The van der Waals surface area contributed by atoms with E-state index in [1.807, 2.05) is 0 Å². The minimum Gasteiger partial charge on any atom is -0.416 e. The predicted octanol–water partition coefficient (Wildman–Crippen LogP) is 2.87. The van der Waals surface area contributed by atoms with E-state index < -0.39 is 23.4 Å². The van der Waals surface area contributed by atoms with Gasteiger partial charge in [0.1, 0.15) is 13.7 Å². The molecule has 1 aliphatic rings. The lowest BCUT2D eigenvalue weighted by Gasteiger charge is -2.42. The lowest BCUT2D eigenvalue weighted by Crippen LogP contribution is -2.51. The summed E-state index contributed by atoms with van der Waals surface area (Å²) in [6, 6.07) is 0. The van der Waals surface area contributed by atoms with Crippen molar-refractivity contribution >= 4 is 17.8 Å². The van der Waals surface area contributed by atoms with Crippen LogP contribution in [0.15, 0.2) is 0 Å². The molecule has 0 aromatic heterocycles. The topological polar surface area (TPSA) is 38.7 Å². The molecule has 1 rings (SSSR count). The van der Waals surface area contributed by atoms with Crippen LogP contribution in [0.5, 0.6) is 0 Å². The van der Waals surface area contributed by atoms with Gasteiger partial charge >= 0.3 is 0 Å². The average molecular weight is 343 g/mol. The summed E-state index contributed by atoms with van der Waals surface area (Å²) in [5, 5.41) is 11.1. The summed E-state index contributed by atoms with van der Waals surface area (Å²) < 4.78 is 12.2. The highest BCUT2D eigenvalue weighted by molar-refractivity contribution is 6.83. The molecule has 0 spiro atoms. The van der Waals surface area contributed by atoms with Gasteiger partial charge in [0, 0.05) is 12.8 Å². The molecule has 1 aliphatic heterocycles. The third kappa shape index (κ3) is 6.97. The summed E-state index contributed by atoms with van der Waals surface area (Å²) >= 11 is 0. The minimum atomic E-state index is -1.48. The number of ether oxygens (including phenoxy) is 1. The maximum absolute atomic E-state index is 10.8. The molecule has 3 nitrogen and oxygen atoms in total. The van der Waals surface area contributed by atoms with Crippen molar-refractivity contribution in [1.82, 2.24) is 0 Å². The summed E-state index contributed by atoms with van der Waals surface area (Å²) in [7, 11) is -2.14. The van der Waals surface area contributed by atoms with E-state index in [1.165, 1.54) is 0 Å². The summed E-state index contributed by atoms with van der Waals surface area (Å²) in [5.41, 5.74) is 2.02. The van der Waals surface area contributed by atoms with E-state index in [4.69, 9.17) is 9.16 Å². The van der Waals surface area contributed by atoms with Crippen molar-refractivity contribution in [3.63, 3.8) is 0 Å². The van der Waals surface area contributed by atoms with Gasteiger partial charge in [-0.15, -0.1) is 5.54 Å². The molecule has 1 heterocycles. The molecule has 2 atom stereocenters. The Morgan fingerprint density at radius 2 is 1.82 bits per heavy atom. The molecule has 0 aromatic rings. The van der Waals surface area contributed by atoms with Crippen LogP contribution in [0.4, 0.5) is 0 Å². The van der Waals surface area contributed by atoms with Crippen LogP contribution in [0.1, 0.15) is 47.5 Å². The highest BCUT2D eigenvalue weighted by Gasteiger charge is 2.42. The highest BCUT2D eigenvalue weighted by atomic mass is 28.3. The van der Waals surface area contributed by atoms with Gasteiger partial charge in [-0.25, -0.2) is 0 Å². The van der Waals surface area contributed by atoms with Crippen molar-refractivity contribution in [2.75, 3.05) is 6.61 Å². The summed E-state index contributed by atoms with van der Waals surface area (Å²) in [6.45, 7) is 17.9. The Bertz CT molecular complexity index is 438. The number of hydrogen-bond acceptors (Lipinski definition) is 3. The second-order valence-electron chi connectivity index (χ2n) is 9.30. The molecule has 0 radical (unpaired) electrons. The van der Waals surface area contributed by atoms with E-state index in [2.05, 4.69) is 65.7 Å². The summed E-state index contributed by atoms with van der Waals surface area (Å²) in [4.78, 5) is 0. The normalized spacial score (nSPS) is 27.8. The molecule has 1 fully saturated rings. The molecule has 0 saturated carbocycles. The van der Waals surface area contributed by atoms with Crippen LogP contribution in [0.3, 0.4) is 0 Å². The van der Waals surface area contributed by atoms with Gasteiger partial charge in [0.2, 0.25) is 0 Å². The van der Waals surface area contributed by atoms with E-state index in [1.54, 1.807) is 0 Å². The number of aliphatic hydroxyl groups is 1. The van der Waals surface area contributed by atoms with Gasteiger partial charge in [-0.2, -0.15) is 0 Å². The molecule has 2 unspecified atom stereocenters. The molecule has 22 heavy (non-hydrogen) atoms. The van der Waals surface area contributed by atoms with E-state index in [0.29, 0.717) is 19.4 Å². The lowest BCUT2D eigenvalue weighted by atomic mass is 9.85. The van der Waals surface area contributed by atoms with Crippen LogP contribution >= 0.6 is 0 Å². The van der Waals surface area contributed by atoms with Crippen molar-refractivity contribution in [2.24, 2.45) is 0 Å². The molecule has 128 valence electrons. The maximum atomic E-state index is 10.8. The van der Waals surface area contributed by atoms with Crippen molar-refractivity contribution in [3.05, 3.63) is 0 Å². The van der Waals surface area contributed by atoms with Crippen LogP contribution in [-0.2, 0) is 9.16 Å². The number of hydrogen-bond donors (Lipinski definition) is 1. The fourth-order valence-corrected chi connectivity index (χ4v) is 3.80. The van der Waals surface area contributed by atoms with E-state index in [9.17, 15) is 5.11 Å². The molecule has 0 aromatic carbocycles. The van der Waals surface area contributed by atoms with E-state index >= 15 is 0 Å². The van der Waals surface area contributed by atoms with Crippen molar-refractivity contribution in [2.45, 2.75) is 89.4 Å². The molecule has 1 N–H and O–H groups in total.